The summed E-state index contributed by atoms with van der Waals surface area (Å²) in [4.78, 5) is 25.9. The van der Waals surface area contributed by atoms with E-state index in [1.807, 2.05) is 5.48 Å². The second kappa shape index (κ2) is 2.99. The van der Waals surface area contributed by atoms with Crippen molar-refractivity contribution >= 4 is 5.91 Å². The summed E-state index contributed by atoms with van der Waals surface area (Å²) < 4.78 is 0. The second-order valence-corrected chi connectivity index (χ2v) is 2.79. The van der Waals surface area contributed by atoms with Gasteiger partial charge in [0, 0.05) is 4.92 Å². The number of hydrogen-bond donors (Lipinski definition) is 1. The topological polar surface area (TPSA) is 81.5 Å². The lowest BCUT2D eigenvalue weighted by Gasteiger charge is -2.18. The number of hydroxylamine groups is 1. The Bertz CT molecular complexity index is 404. The Balaban J connectivity index is 2.51. The molecule has 1 aliphatic heterocycles. The molecular formula is C8H6N2O4. The SMILES string of the molecule is O=C1NOc2ccccc2C1[N+](=O)[O-]. The van der Waals surface area contributed by atoms with Gasteiger partial charge in [-0.05, 0) is 12.1 Å². The first kappa shape index (κ1) is 8.49. The Morgan fingerprint density at radius 2 is 2.14 bits per heavy atom. The molecule has 2 rings (SSSR count). The Hall–Kier alpha value is -2.11. The molecule has 6 heteroatoms. The van der Waals surface area contributed by atoms with Crippen molar-refractivity contribution in [2.75, 3.05) is 0 Å². The number of para-hydroxylation sites is 1. The van der Waals surface area contributed by atoms with Crippen molar-refractivity contribution in [3.8, 4) is 5.75 Å². The molecule has 1 unspecified atom stereocenters. The van der Waals surface area contributed by atoms with E-state index in [0.717, 1.165) is 0 Å². The molecular weight excluding hydrogens is 188 g/mol. The molecule has 1 aromatic rings. The van der Waals surface area contributed by atoms with Gasteiger partial charge >= 0.3 is 11.9 Å². The van der Waals surface area contributed by atoms with E-state index in [2.05, 4.69) is 0 Å². The number of rotatable bonds is 1. The highest BCUT2D eigenvalue weighted by atomic mass is 16.7. The Labute approximate surface area is 78.6 Å². The van der Waals surface area contributed by atoms with Gasteiger partial charge in [-0.2, -0.15) is 5.48 Å². The zero-order valence-corrected chi connectivity index (χ0v) is 6.97. The third-order valence-corrected chi connectivity index (χ3v) is 1.93. The van der Waals surface area contributed by atoms with Crippen molar-refractivity contribution in [3.63, 3.8) is 0 Å². The van der Waals surface area contributed by atoms with Crippen LogP contribution in [0.15, 0.2) is 24.3 Å². The minimum absolute atomic E-state index is 0.279. The number of nitrogens with zero attached hydrogens (tertiary/aromatic N) is 1. The second-order valence-electron chi connectivity index (χ2n) is 2.79. The summed E-state index contributed by atoms with van der Waals surface area (Å²) in [7, 11) is 0. The Kier molecular flexibility index (Phi) is 1.81. The van der Waals surface area contributed by atoms with Gasteiger partial charge in [-0.3, -0.25) is 14.9 Å². The molecule has 1 heterocycles. The van der Waals surface area contributed by atoms with E-state index in [-0.39, 0.29) is 5.56 Å². The zero-order valence-electron chi connectivity index (χ0n) is 6.97. The lowest BCUT2D eigenvalue weighted by molar-refractivity contribution is -0.515. The number of benzene rings is 1. The number of nitrogens with one attached hydrogen (secondary N) is 1. The van der Waals surface area contributed by atoms with Crippen molar-refractivity contribution in [3.05, 3.63) is 39.9 Å². The molecule has 14 heavy (non-hydrogen) atoms. The first-order valence-corrected chi connectivity index (χ1v) is 3.89. The van der Waals surface area contributed by atoms with Crippen LogP contribution in [0.25, 0.3) is 0 Å². The normalized spacial score (nSPS) is 19.1. The molecule has 1 aliphatic rings. The molecule has 0 bridgehead atoms. The quantitative estimate of drug-likeness (QED) is 0.519. The van der Waals surface area contributed by atoms with Crippen LogP contribution in [0.4, 0.5) is 0 Å². The largest absolute Gasteiger partial charge is 0.379 e. The van der Waals surface area contributed by atoms with Crippen molar-refractivity contribution in [2.24, 2.45) is 0 Å². The van der Waals surface area contributed by atoms with Gasteiger partial charge in [-0.25, -0.2) is 0 Å². The third-order valence-electron chi connectivity index (χ3n) is 1.93. The van der Waals surface area contributed by atoms with E-state index in [4.69, 9.17) is 4.84 Å². The summed E-state index contributed by atoms with van der Waals surface area (Å²) >= 11 is 0. The number of fused-ring (bicyclic) bond motifs is 1. The minimum Gasteiger partial charge on any atom is -0.379 e. The van der Waals surface area contributed by atoms with Crippen LogP contribution in [0.3, 0.4) is 0 Å². The van der Waals surface area contributed by atoms with Crippen LogP contribution in [0.1, 0.15) is 11.6 Å². The van der Waals surface area contributed by atoms with Crippen LogP contribution in [0, 0.1) is 10.1 Å². The van der Waals surface area contributed by atoms with Crippen molar-refractivity contribution in [1.82, 2.24) is 5.48 Å². The molecule has 1 amide bonds. The lowest BCUT2D eigenvalue weighted by atomic mass is 10.1. The van der Waals surface area contributed by atoms with Crippen LogP contribution in [-0.2, 0) is 4.79 Å². The smallest absolute Gasteiger partial charge is 0.332 e. The van der Waals surface area contributed by atoms with Gasteiger partial charge < -0.3 is 4.84 Å². The molecule has 0 saturated carbocycles. The van der Waals surface area contributed by atoms with E-state index < -0.39 is 16.9 Å². The molecule has 1 atom stereocenters. The lowest BCUT2D eigenvalue weighted by Crippen LogP contribution is -2.40. The number of hydrogen-bond acceptors (Lipinski definition) is 4. The number of nitro groups is 1. The Morgan fingerprint density at radius 3 is 2.86 bits per heavy atom. The zero-order chi connectivity index (χ0) is 10.1. The fourth-order valence-corrected chi connectivity index (χ4v) is 1.31. The van der Waals surface area contributed by atoms with E-state index in [1.54, 1.807) is 18.2 Å². The number of carbonyl (C=O) groups is 1. The molecule has 0 aliphatic carbocycles. The first-order chi connectivity index (χ1) is 6.70. The third kappa shape index (κ3) is 1.17. The van der Waals surface area contributed by atoms with Crippen molar-refractivity contribution in [1.29, 1.82) is 0 Å². The fourth-order valence-electron chi connectivity index (χ4n) is 1.31. The van der Waals surface area contributed by atoms with Gasteiger partial charge in [0.15, 0.2) is 5.75 Å². The van der Waals surface area contributed by atoms with Crippen LogP contribution >= 0.6 is 0 Å². The van der Waals surface area contributed by atoms with Crippen LogP contribution < -0.4 is 10.3 Å². The maximum Gasteiger partial charge on any atom is 0.332 e. The van der Waals surface area contributed by atoms with E-state index >= 15 is 0 Å². The molecule has 1 N–H and O–H groups in total. The molecule has 0 spiro atoms. The van der Waals surface area contributed by atoms with Gasteiger partial charge in [0.05, 0.1) is 5.56 Å². The molecule has 0 fully saturated rings. The number of amides is 1. The fraction of sp³-hybridized carbons (Fsp3) is 0.125. The summed E-state index contributed by atoms with van der Waals surface area (Å²) in [5, 5.41) is 10.6. The molecule has 72 valence electrons. The Morgan fingerprint density at radius 1 is 1.43 bits per heavy atom. The highest BCUT2D eigenvalue weighted by Gasteiger charge is 2.38. The van der Waals surface area contributed by atoms with Crippen LogP contribution in [-0.4, -0.2) is 10.8 Å². The van der Waals surface area contributed by atoms with Crippen LogP contribution in [0.5, 0.6) is 5.75 Å². The van der Waals surface area contributed by atoms with Gasteiger partial charge in [-0.15, -0.1) is 0 Å². The van der Waals surface area contributed by atoms with Gasteiger partial charge in [0.25, 0.3) is 0 Å². The van der Waals surface area contributed by atoms with Crippen molar-refractivity contribution < 1.29 is 14.6 Å². The summed E-state index contributed by atoms with van der Waals surface area (Å²) in [6.07, 6.45) is 0. The van der Waals surface area contributed by atoms with Gasteiger partial charge in [0.1, 0.15) is 0 Å². The summed E-state index contributed by atoms with van der Waals surface area (Å²) in [6.45, 7) is 0. The van der Waals surface area contributed by atoms with Gasteiger partial charge in [0.2, 0.25) is 0 Å². The highest BCUT2D eigenvalue weighted by molar-refractivity contribution is 5.83. The van der Waals surface area contributed by atoms with Crippen molar-refractivity contribution in [2.45, 2.75) is 6.04 Å². The first-order valence-electron chi connectivity index (χ1n) is 3.89. The number of carbonyl (C=O) groups excluding carboxylic acids is 1. The van der Waals surface area contributed by atoms with Gasteiger partial charge in [-0.1, -0.05) is 12.1 Å². The average Bonchev–Trinajstić information content (AvgIpc) is 2.17. The maximum absolute atomic E-state index is 11.1. The summed E-state index contributed by atoms with van der Waals surface area (Å²) in [5.41, 5.74) is 2.27. The predicted molar refractivity (Wildman–Crippen MR) is 44.9 cm³/mol. The molecule has 0 aromatic heterocycles. The average molecular weight is 194 g/mol. The highest BCUT2D eigenvalue weighted by Crippen LogP contribution is 2.29. The van der Waals surface area contributed by atoms with E-state index in [0.29, 0.717) is 5.75 Å². The van der Waals surface area contributed by atoms with Crippen LogP contribution in [0.2, 0.25) is 0 Å². The molecule has 6 nitrogen and oxygen atoms in total. The van der Waals surface area contributed by atoms with E-state index in [9.17, 15) is 14.9 Å². The summed E-state index contributed by atoms with van der Waals surface area (Å²) in [5.74, 6) is -0.442. The predicted octanol–water partition coefficient (Wildman–Crippen LogP) is 0.428. The molecule has 0 radical (unpaired) electrons. The standard InChI is InChI=1S/C8H6N2O4/c11-8-7(10(12)13)5-3-1-2-4-6(5)14-9-8/h1-4,7H,(H,9,11). The monoisotopic (exact) mass is 194 g/mol. The summed E-state index contributed by atoms with van der Waals surface area (Å²) in [6, 6.07) is 4.98. The maximum atomic E-state index is 11.1. The van der Waals surface area contributed by atoms with E-state index in [1.165, 1.54) is 6.07 Å². The molecule has 0 saturated heterocycles. The minimum atomic E-state index is -1.38. The molecule has 1 aromatic carbocycles.